The Bertz CT molecular complexity index is 703. The molecule has 3 amide bonds. The molecule has 0 radical (unpaired) electrons. The Kier molecular flexibility index (Phi) is 4.79. The predicted octanol–water partition coefficient (Wildman–Crippen LogP) is 1.19. The summed E-state index contributed by atoms with van der Waals surface area (Å²) in [6.07, 6.45) is 0.827. The quantitative estimate of drug-likeness (QED) is 0.896. The summed E-state index contributed by atoms with van der Waals surface area (Å²) < 4.78 is 0. The number of carbonyl (C=O) groups is 3. The van der Waals surface area contributed by atoms with E-state index in [4.69, 9.17) is 0 Å². The molecule has 1 N–H and O–H groups in total. The summed E-state index contributed by atoms with van der Waals surface area (Å²) in [6, 6.07) is 6.39. The van der Waals surface area contributed by atoms with Crippen molar-refractivity contribution in [3.8, 4) is 0 Å². The monoisotopic (exact) mass is 343 g/mol. The molecule has 0 bridgehead atoms. The molecular weight excluding hydrogens is 318 g/mol. The van der Waals surface area contributed by atoms with Crippen molar-refractivity contribution in [3.63, 3.8) is 0 Å². The Hall–Kier alpha value is -2.37. The topological polar surface area (TPSA) is 69.7 Å². The van der Waals surface area contributed by atoms with Gasteiger partial charge in [-0.25, -0.2) is 0 Å². The van der Waals surface area contributed by atoms with Gasteiger partial charge in [0.05, 0.1) is 6.54 Å². The third-order valence-corrected chi connectivity index (χ3v) is 5.30. The Balaban J connectivity index is 1.75. The predicted molar refractivity (Wildman–Crippen MR) is 94.0 cm³/mol. The minimum atomic E-state index is -0.588. The maximum Gasteiger partial charge on any atom is 0.254 e. The van der Waals surface area contributed by atoms with E-state index in [2.05, 4.69) is 5.32 Å². The molecule has 0 saturated carbocycles. The summed E-state index contributed by atoms with van der Waals surface area (Å²) in [5.41, 5.74) is 1.64. The van der Waals surface area contributed by atoms with Crippen LogP contribution in [0, 0.1) is 12.8 Å². The molecule has 2 aliphatic rings. The van der Waals surface area contributed by atoms with Gasteiger partial charge in [-0.15, -0.1) is 0 Å². The van der Waals surface area contributed by atoms with Crippen molar-refractivity contribution in [2.24, 2.45) is 5.92 Å². The fraction of sp³-hybridized carbons (Fsp3) is 0.526. The van der Waals surface area contributed by atoms with E-state index in [1.54, 1.807) is 15.9 Å². The summed E-state index contributed by atoms with van der Waals surface area (Å²) in [7, 11) is 0. The van der Waals surface area contributed by atoms with Crippen molar-refractivity contribution >= 4 is 17.7 Å². The molecule has 0 unspecified atom stereocenters. The molecular formula is C19H25N3O3. The van der Waals surface area contributed by atoms with E-state index in [0.717, 1.165) is 12.0 Å². The number of piperazine rings is 2. The molecule has 0 aromatic heterocycles. The lowest BCUT2D eigenvalue weighted by molar-refractivity contribution is -0.153. The minimum absolute atomic E-state index is 0.0263. The van der Waals surface area contributed by atoms with Gasteiger partial charge in [-0.2, -0.15) is 0 Å². The van der Waals surface area contributed by atoms with Crippen LogP contribution in [0.25, 0.3) is 0 Å². The number of hydrogen-bond donors (Lipinski definition) is 1. The van der Waals surface area contributed by atoms with Gasteiger partial charge in [-0.05, 0) is 25.0 Å². The number of amides is 3. The molecule has 2 fully saturated rings. The molecule has 6 heteroatoms. The number of nitrogens with one attached hydrogen (secondary N) is 1. The third kappa shape index (κ3) is 3.25. The van der Waals surface area contributed by atoms with Gasteiger partial charge in [0, 0.05) is 18.7 Å². The Morgan fingerprint density at radius 1 is 1.32 bits per heavy atom. The molecule has 134 valence electrons. The van der Waals surface area contributed by atoms with Crippen molar-refractivity contribution < 1.29 is 14.4 Å². The molecule has 0 aliphatic carbocycles. The lowest BCUT2D eigenvalue weighted by Gasteiger charge is -2.46. The summed E-state index contributed by atoms with van der Waals surface area (Å²) in [5, 5.41) is 2.86. The average molecular weight is 343 g/mol. The lowest BCUT2D eigenvalue weighted by atomic mass is 9.93. The highest BCUT2D eigenvalue weighted by Crippen LogP contribution is 2.22. The molecule has 2 heterocycles. The van der Waals surface area contributed by atoms with Gasteiger partial charge >= 0.3 is 0 Å². The molecule has 3 atom stereocenters. The summed E-state index contributed by atoms with van der Waals surface area (Å²) in [6.45, 7) is 7.03. The number of carbonyl (C=O) groups excluding carboxylic acids is 3. The second kappa shape index (κ2) is 6.86. The number of nitrogens with zero attached hydrogens (tertiary/aromatic N) is 2. The molecule has 2 aliphatic heterocycles. The molecule has 0 spiro atoms. The van der Waals surface area contributed by atoms with Gasteiger partial charge in [0.25, 0.3) is 5.91 Å². The number of aryl methyl sites for hydroxylation is 1. The molecule has 6 nitrogen and oxygen atoms in total. The second-order valence-corrected chi connectivity index (χ2v) is 7.04. The Morgan fingerprint density at radius 3 is 2.76 bits per heavy atom. The zero-order valence-corrected chi connectivity index (χ0v) is 15.0. The molecule has 1 aromatic carbocycles. The summed E-state index contributed by atoms with van der Waals surface area (Å²) >= 11 is 0. The summed E-state index contributed by atoms with van der Waals surface area (Å²) in [4.78, 5) is 41.3. The van der Waals surface area contributed by atoms with E-state index in [1.165, 1.54) is 0 Å². The smallest absolute Gasteiger partial charge is 0.254 e. The SMILES string of the molecule is CC[C@H](C)[C@@H]1NC(=O)[C@H]2CN(C(=O)c3cccc(C)c3)CCN2C1=O. The highest BCUT2D eigenvalue weighted by molar-refractivity contribution is 5.99. The van der Waals surface area contributed by atoms with E-state index in [1.807, 2.05) is 39.0 Å². The van der Waals surface area contributed by atoms with Crippen LogP contribution in [0.5, 0.6) is 0 Å². The van der Waals surface area contributed by atoms with Crippen molar-refractivity contribution in [1.29, 1.82) is 0 Å². The maximum atomic E-state index is 12.7. The largest absolute Gasteiger partial charge is 0.342 e. The lowest BCUT2D eigenvalue weighted by Crippen LogP contribution is -2.70. The van der Waals surface area contributed by atoms with Crippen LogP contribution < -0.4 is 5.32 Å². The van der Waals surface area contributed by atoms with Crippen LogP contribution >= 0.6 is 0 Å². The van der Waals surface area contributed by atoms with E-state index in [9.17, 15) is 14.4 Å². The number of fused-ring (bicyclic) bond motifs is 1. The van der Waals surface area contributed by atoms with E-state index >= 15 is 0 Å². The molecule has 1 aromatic rings. The molecule has 2 saturated heterocycles. The normalized spacial score (nSPS) is 24.6. The van der Waals surface area contributed by atoms with Gasteiger partial charge in [0.15, 0.2) is 0 Å². The van der Waals surface area contributed by atoms with Crippen LogP contribution in [-0.2, 0) is 9.59 Å². The second-order valence-electron chi connectivity index (χ2n) is 7.04. The van der Waals surface area contributed by atoms with Gasteiger partial charge in [0.2, 0.25) is 11.8 Å². The third-order valence-electron chi connectivity index (χ3n) is 5.30. The first-order valence-electron chi connectivity index (χ1n) is 8.89. The zero-order valence-electron chi connectivity index (χ0n) is 15.0. The first kappa shape index (κ1) is 17.5. The fourth-order valence-electron chi connectivity index (χ4n) is 3.53. The van der Waals surface area contributed by atoms with E-state index in [0.29, 0.717) is 18.7 Å². The van der Waals surface area contributed by atoms with Crippen molar-refractivity contribution in [3.05, 3.63) is 35.4 Å². The van der Waals surface area contributed by atoms with Gasteiger partial charge < -0.3 is 15.1 Å². The van der Waals surface area contributed by atoms with Crippen molar-refractivity contribution in [1.82, 2.24) is 15.1 Å². The van der Waals surface area contributed by atoms with Crippen LogP contribution in [0.2, 0.25) is 0 Å². The van der Waals surface area contributed by atoms with Gasteiger partial charge in [-0.3, -0.25) is 14.4 Å². The highest BCUT2D eigenvalue weighted by Gasteiger charge is 2.45. The Labute approximate surface area is 148 Å². The van der Waals surface area contributed by atoms with Crippen LogP contribution in [0.3, 0.4) is 0 Å². The first-order chi connectivity index (χ1) is 11.9. The van der Waals surface area contributed by atoms with E-state index in [-0.39, 0.29) is 30.2 Å². The summed E-state index contributed by atoms with van der Waals surface area (Å²) in [5.74, 6) is -0.176. The number of rotatable bonds is 3. The number of benzene rings is 1. The maximum absolute atomic E-state index is 12.7. The Morgan fingerprint density at radius 2 is 2.08 bits per heavy atom. The number of hydrogen-bond acceptors (Lipinski definition) is 3. The standard InChI is InChI=1S/C19H25N3O3/c1-4-13(3)16-19(25)22-9-8-21(11-15(22)17(23)20-16)18(24)14-7-5-6-12(2)10-14/h5-7,10,13,15-16H,4,8-9,11H2,1-3H3,(H,20,23)/t13-,15+,16-/m0/s1. The van der Waals surface area contributed by atoms with E-state index < -0.39 is 12.1 Å². The zero-order chi connectivity index (χ0) is 18.1. The first-order valence-corrected chi connectivity index (χ1v) is 8.89. The molecule has 3 rings (SSSR count). The highest BCUT2D eigenvalue weighted by atomic mass is 16.2. The van der Waals surface area contributed by atoms with Gasteiger partial charge in [0.1, 0.15) is 12.1 Å². The van der Waals surface area contributed by atoms with Crippen LogP contribution in [0.15, 0.2) is 24.3 Å². The average Bonchev–Trinajstić information content (AvgIpc) is 2.63. The van der Waals surface area contributed by atoms with Crippen LogP contribution in [0.1, 0.15) is 36.2 Å². The van der Waals surface area contributed by atoms with Crippen molar-refractivity contribution in [2.45, 2.75) is 39.3 Å². The molecule has 25 heavy (non-hydrogen) atoms. The minimum Gasteiger partial charge on any atom is -0.342 e. The van der Waals surface area contributed by atoms with Crippen LogP contribution in [-0.4, -0.2) is 59.2 Å². The van der Waals surface area contributed by atoms with Crippen LogP contribution in [0.4, 0.5) is 0 Å². The fourth-order valence-corrected chi connectivity index (χ4v) is 3.53. The van der Waals surface area contributed by atoms with Gasteiger partial charge in [-0.1, -0.05) is 38.0 Å². The van der Waals surface area contributed by atoms with Crippen molar-refractivity contribution in [2.75, 3.05) is 19.6 Å².